The average molecular weight is 426 g/mol. The van der Waals surface area contributed by atoms with Gasteiger partial charge in [0.25, 0.3) is 5.91 Å². The van der Waals surface area contributed by atoms with Crippen molar-refractivity contribution in [2.24, 2.45) is 5.73 Å². The van der Waals surface area contributed by atoms with E-state index in [2.05, 4.69) is 15.2 Å². The molecule has 4 rings (SSSR count). The number of carbonyl (C=O) groups excluding carboxylic acids is 2. The van der Waals surface area contributed by atoms with Gasteiger partial charge < -0.3 is 16.0 Å². The largest absolute Gasteiger partial charge is 0.353 e. The predicted molar refractivity (Wildman–Crippen MR) is 114 cm³/mol. The maximum Gasteiger partial charge on any atom is 0.256 e. The van der Waals surface area contributed by atoms with E-state index in [0.717, 1.165) is 18.4 Å². The highest BCUT2D eigenvalue weighted by molar-refractivity contribution is 5.97. The van der Waals surface area contributed by atoms with Crippen molar-refractivity contribution in [1.29, 1.82) is 0 Å². The summed E-state index contributed by atoms with van der Waals surface area (Å²) >= 11 is 0. The van der Waals surface area contributed by atoms with E-state index in [1.165, 1.54) is 18.3 Å². The zero-order valence-corrected chi connectivity index (χ0v) is 17.4. The quantitative estimate of drug-likeness (QED) is 0.670. The number of nitrogens with zero attached hydrogens (tertiary/aromatic N) is 3. The summed E-state index contributed by atoms with van der Waals surface area (Å²) in [6.45, 7) is 1.85. The van der Waals surface area contributed by atoms with Gasteiger partial charge in [-0.05, 0) is 49.1 Å². The van der Waals surface area contributed by atoms with Crippen molar-refractivity contribution < 1.29 is 14.0 Å². The second-order valence-electron chi connectivity index (χ2n) is 8.21. The minimum Gasteiger partial charge on any atom is -0.353 e. The molecule has 7 nitrogen and oxygen atoms in total. The summed E-state index contributed by atoms with van der Waals surface area (Å²) in [7, 11) is 0. The van der Waals surface area contributed by atoms with Gasteiger partial charge in [-0.25, -0.2) is 4.39 Å². The van der Waals surface area contributed by atoms with Crippen LogP contribution in [0.3, 0.4) is 0 Å². The van der Waals surface area contributed by atoms with Gasteiger partial charge in [0.05, 0.1) is 5.56 Å². The third kappa shape index (κ3) is 5.08. The van der Waals surface area contributed by atoms with Gasteiger partial charge in [-0.3, -0.25) is 19.5 Å². The molecule has 164 valence electrons. The van der Waals surface area contributed by atoms with Crippen LogP contribution in [-0.2, 0) is 11.3 Å². The van der Waals surface area contributed by atoms with Gasteiger partial charge in [0.15, 0.2) is 0 Å². The molecule has 2 unspecified atom stereocenters. The Hall–Kier alpha value is -2.84. The molecule has 1 saturated carbocycles. The third-order valence-corrected chi connectivity index (χ3v) is 5.96. The Bertz CT molecular complexity index is 904. The highest BCUT2D eigenvalue weighted by atomic mass is 19.1. The standard InChI is InChI=1S/C23H28FN5O2/c24-18-5-3-16(4-6-18)14-28(19-7-8-19)20-12-21(22(30)27-11-9-25)29(15-20)23(31)17-2-1-10-26-13-17/h1-6,10,13,19-21H,7-9,11-12,14-15,25H2,(H,27,30). The van der Waals surface area contributed by atoms with Crippen LogP contribution in [0.1, 0.15) is 35.2 Å². The van der Waals surface area contributed by atoms with E-state index in [0.29, 0.717) is 44.2 Å². The van der Waals surface area contributed by atoms with Crippen molar-refractivity contribution in [3.05, 3.63) is 65.7 Å². The Morgan fingerprint density at radius 1 is 1.19 bits per heavy atom. The second-order valence-corrected chi connectivity index (χ2v) is 8.21. The zero-order valence-electron chi connectivity index (χ0n) is 17.4. The van der Waals surface area contributed by atoms with Crippen molar-refractivity contribution in [2.75, 3.05) is 19.6 Å². The monoisotopic (exact) mass is 425 g/mol. The summed E-state index contributed by atoms with van der Waals surface area (Å²) in [4.78, 5) is 34.1. The number of hydrogen-bond acceptors (Lipinski definition) is 5. The molecule has 2 atom stereocenters. The number of rotatable bonds is 8. The minimum absolute atomic E-state index is 0.0480. The van der Waals surface area contributed by atoms with Crippen LogP contribution in [0, 0.1) is 5.82 Å². The summed E-state index contributed by atoms with van der Waals surface area (Å²) in [6, 6.07) is 9.88. The van der Waals surface area contributed by atoms with Crippen LogP contribution in [0.4, 0.5) is 4.39 Å². The number of amides is 2. The summed E-state index contributed by atoms with van der Waals surface area (Å²) in [5.74, 6) is -0.629. The van der Waals surface area contributed by atoms with E-state index in [1.54, 1.807) is 35.4 Å². The number of likely N-dealkylation sites (tertiary alicyclic amines) is 1. The number of halogens is 1. The van der Waals surface area contributed by atoms with Crippen LogP contribution in [0.5, 0.6) is 0 Å². The Balaban J connectivity index is 1.55. The molecule has 1 saturated heterocycles. The molecule has 2 aliphatic rings. The van der Waals surface area contributed by atoms with E-state index < -0.39 is 6.04 Å². The van der Waals surface area contributed by atoms with Crippen molar-refractivity contribution in [3.63, 3.8) is 0 Å². The van der Waals surface area contributed by atoms with Crippen LogP contribution >= 0.6 is 0 Å². The van der Waals surface area contributed by atoms with Gasteiger partial charge in [-0.1, -0.05) is 12.1 Å². The summed E-state index contributed by atoms with van der Waals surface area (Å²) in [5, 5.41) is 2.84. The molecule has 1 aromatic heterocycles. The fraction of sp³-hybridized carbons (Fsp3) is 0.435. The van der Waals surface area contributed by atoms with Crippen LogP contribution in [0.2, 0.25) is 0 Å². The molecular weight excluding hydrogens is 397 g/mol. The lowest BCUT2D eigenvalue weighted by molar-refractivity contribution is -0.124. The molecule has 1 aliphatic carbocycles. The highest BCUT2D eigenvalue weighted by Crippen LogP contribution is 2.35. The highest BCUT2D eigenvalue weighted by Gasteiger charge is 2.45. The van der Waals surface area contributed by atoms with Crippen molar-refractivity contribution >= 4 is 11.8 Å². The number of nitrogens with one attached hydrogen (secondary N) is 1. The first-order chi connectivity index (χ1) is 15.1. The molecule has 2 heterocycles. The van der Waals surface area contributed by atoms with Gasteiger partial charge in [0.1, 0.15) is 11.9 Å². The first kappa shape index (κ1) is 21.4. The topological polar surface area (TPSA) is 91.6 Å². The first-order valence-corrected chi connectivity index (χ1v) is 10.8. The Kier molecular flexibility index (Phi) is 6.58. The van der Waals surface area contributed by atoms with Crippen molar-refractivity contribution in [2.45, 2.75) is 43.9 Å². The molecule has 2 fully saturated rings. The van der Waals surface area contributed by atoms with Crippen molar-refractivity contribution in [1.82, 2.24) is 20.1 Å². The van der Waals surface area contributed by atoms with Gasteiger partial charge in [-0.15, -0.1) is 0 Å². The first-order valence-electron chi connectivity index (χ1n) is 10.8. The summed E-state index contributed by atoms with van der Waals surface area (Å²) in [6.07, 6.45) is 5.89. The number of benzene rings is 1. The molecule has 1 aliphatic heterocycles. The molecule has 2 aromatic rings. The average Bonchev–Trinajstić information content (AvgIpc) is 3.54. The number of aromatic nitrogens is 1. The SMILES string of the molecule is NCCNC(=O)C1CC(N(Cc2ccc(F)cc2)C2CC2)CN1C(=O)c1cccnc1. The van der Waals surface area contributed by atoms with E-state index in [1.807, 2.05) is 0 Å². The van der Waals surface area contributed by atoms with E-state index in [-0.39, 0.29) is 23.7 Å². The maximum atomic E-state index is 13.3. The lowest BCUT2D eigenvalue weighted by Crippen LogP contribution is -2.47. The van der Waals surface area contributed by atoms with Gasteiger partial charge in [0, 0.05) is 50.7 Å². The fourth-order valence-corrected chi connectivity index (χ4v) is 4.26. The molecule has 3 N–H and O–H groups in total. The molecule has 0 bridgehead atoms. The van der Waals surface area contributed by atoms with E-state index in [4.69, 9.17) is 5.73 Å². The van der Waals surface area contributed by atoms with Gasteiger partial charge in [-0.2, -0.15) is 0 Å². The molecule has 8 heteroatoms. The Morgan fingerprint density at radius 2 is 1.97 bits per heavy atom. The van der Waals surface area contributed by atoms with Gasteiger partial charge in [0.2, 0.25) is 5.91 Å². The third-order valence-electron chi connectivity index (χ3n) is 5.96. The molecule has 1 aromatic carbocycles. The van der Waals surface area contributed by atoms with Crippen LogP contribution in [0.15, 0.2) is 48.8 Å². The lowest BCUT2D eigenvalue weighted by Gasteiger charge is -2.29. The molecule has 0 radical (unpaired) electrons. The Morgan fingerprint density at radius 3 is 2.61 bits per heavy atom. The van der Waals surface area contributed by atoms with Crippen LogP contribution < -0.4 is 11.1 Å². The minimum atomic E-state index is -0.557. The fourth-order valence-electron chi connectivity index (χ4n) is 4.26. The molecule has 2 amide bonds. The summed E-state index contributed by atoms with van der Waals surface area (Å²) < 4.78 is 13.3. The number of hydrogen-bond donors (Lipinski definition) is 2. The normalized spacial score (nSPS) is 20.8. The van der Waals surface area contributed by atoms with Crippen molar-refractivity contribution in [3.8, 4) is 0 Å². The van der Waals surface area contributed by atoms with E-state index >= 15 is 0 Å². The number of pyridine rings is 1. The zero-order chi connectivity index (χ0) is 21.8. The van der Waals surface area contributed by atoms with Crippen LogP contribution in [-0.4, -0.2) is 64.4 Å². The van der Waals surface area contributed by atoms with Crippen LogP contribution in [0.25, 0.3) is 0 Å². The van der Waals surface area contributed by atoms with E-state index in [9.17, 15) is 14.0 Å². The predicted octanol–water partition coefficient (Wildman–Crippen LogP) is 1.54. The Labute approximate surface area is 181 Å². The summed E-state index contributed by atoms with van der Waals surface area (Å²) in [5.41, 5.74) is 7.03. The van der Waals surface area contributed by atoms with Gasteiger partial charge >= 0.3 is 0 Å². The number of carbonyl (C=O) groups is 2. The molecule has 31 heavy (non-hydrogen) atoms. The molecular formula is C23H28FN5O2. The lowest BCUT2D eigenvalue weighted by atomic mass is 10.1. The second kappa shape index (κ2) is 9.53. The smallest absolute Gasteiger partial charge is 0.256 e. The maximum absolute atomic E-state index is 13.3. The number of nitrogens with two attached hydrogens (primary N) is 1. The molecule has 0 spiro atoms.